The second-order valence-electron chi connectivity index (χ2n) is 4.39. The Morgan fingerprint density at radius 2 is 1.68 bits per heavy atom. The van der Waals surface area contributed by atoms with Gasteiger partial charge in [0, 0.05) is 6.54 Å². The molecular weight excluding hydrogens is 241 g/mol. The molecule has 3 heteroatoms. The Hall–Kier alpha value is -1.87. The summed E-state index contributed by atoms with van der Waals surface area (Å²) in [5, 5.41) is 0. The van der Waals surface area contributed by atoms with E-state index in [-0.39, 0.29) is 11.9 Å². The summed E-state index contributed by atoms with van der Waals surface area (Å²) in [4.78, 5) is 0. The molecule has 100 valence electrons. The van der Waals surface area contributed by atoms with E-state index in [1.165, 1.54) is 17.7 Å². The van der Waals surface area contributed by atoms with E-state index in [4.69, 9.17) is 10.5 Å². The molecule has 0 radical (unpaired) electrons. The predicted molar refractivity (Wildman–Crippen MR) is 74.6 cm³/mol. The number of benzene rings is 2. The zero-order valence-corrected chi connectivity index (χ0v) is 11.0. The smallest absolute Gasteiger partial charge is 0.136 e. The summed E-state index contributed by atoms with van der Waals surface area (Å²) in [6, 6.07) is 14.2. The number of nitrogens with two attached hydrogens (primary N) is 1. The van der Waals surface area contributed by atoms with Gasteiger partial charge in [-0.25, -0.2) is 4.39 Å². The molecule has 0 aliphatic rings. The average Bonchev–Trinajstić information content (AvgIpc) is 2.46. The molecule has 0 fully saturated rings. The second-order valence-corrected chi connectivity index (χ2v) is 4.39. The molecule has 0 spiro atoms. The highest BCUT2D eigenvalue weighted by Gasteiger charge is 2.11. The number of hydrogen-bond acceptors (Lipinski definition) is 2. The van der Waals surface area contributed by atoms with E-state index in [0.717, 1.165) is 17.7 Å². The zero-order chi connectivity index (χ0) is 13.7. The van der Waals surface area contributed by atoms with E-state index in [1.807, 2.05) is 24.3 Å². The Labute approximate surface area is 113 Å². The van der Waals surface area contributed by atoms with Crippen LogP contribution in [-0.2, 0) is 6.42 Å². The van der Waals surface area contributed by atoms with Gasteiger partial charge in [-0.1, -0.05) is 31.2 Å². The highest BCUT2D eigenvalue weighted by molar-refractivity contribution is 5.29. The Morgan fingerprint density at radius 3 is 2.21 bits per heavy atom. The SMILES string of the molecule is CCc1ccc(OC(CN)c2ccc(F)cc2)cc1. The third-order valence-corrected chi connectivity index (χ3v) is 3.07. The molecule has 2 rings (SSSR count). The maximum atomic E-state index is 12.9. The Bertz CT molecular complexity index is 507. The third kappa shape index (κ3) is 3.55. The maximum Gasteiger partial charge on any atom is 0.136 e. The molecule has 1 atom stereocenters. The molecule has 0 aliphatic carbocycles. The van der Waals surface area contributed by atoms with Crippen molar-refractivity contribution in [1.82, 2.24) is 0 Å². The van der Waals surface area contributed by atoms with Crippen molar-refractivity contribution >= 4 is 0 Å². The summed E-state index contributed by atoms with van der Waals surface area (Å²) in [7, 11) is 0. The first kappa shape index (κ1) is 13.6. The van der Waals surface area contributed by atoms with Crippen LogP contribution in [0.3, 0.4) is 0 Å². The van der Waals surface area contributed by atoms with Crippen molar-refractivity contribution in [2.45, 2.75) is 19.4 Å². The molecule has 2 nitrogen and oxygen atoms in total. The normalized spacial score (nSPS) is 12.2. The van der Waals surface area contributed by atoms with Crippen LogP contribution in [0.4, 0.5) is 4.39 Å². The molecule has 2 aromatic rings. The van der Waals surface area contributed by atoms with Gasteiger partial charge in [0.15, 0.2) is 0 Å². The predicted octanol–water partition coefficient (Wildman–Crippen LogP) is 3.47. The van der Waals surface area contributed by atoms with Crippen molar-refractivity contribution in [2.24, 2.45) is 5.73 Å². The van der Waals surface area contributed by atoms with Gasteiger partial charge in [-0.05, 0) is 41.8 Å². The van der Waals surface area contributed by atoms with Crippen molar-refractivity contribution < 1.29 is 9.13 Å². The Morgan fingerprint density at radius 1 is 1.05 bits per heavy atom. The average molecular weight is 259 g/mol. The molecule has 2 aromatic carbocycles. The highest BCUT2D eigenvalue weighted by atomic mass is 19.1. The summed E-state index contributed by atoms with van der Waals surface area (Å²) in [6.45, 7) is 2.46. The summed E-state index contributed by atoms with van der Waals surface area (Å²) in [5.74, 6) is 0.517. The van der Waals surface area contributed by atoms with Crippen LogP contribution < -0.4 is 10.5 Å². The minimum absolute atomic E-state index is 0.256. The van der Waals surface area contributed by atoms with E-state index in [0.29, 0.717) is 6.54 Å². The zero-order valence-electron chi connectivity index (χ0n) is 11.0. The summed E-state index contributed by atoms with van der Waals surface area (Å²) in [6.07, 6.45) is 0.742. The molecule has 2 N–H and O–H groups in total. The Balaban J connectivity index is 2.11. The number of hydrogen-bond donors (Lipinski definition) is 1. The highest BCUT2D eigenvalue weighted by Crippen LogP contribution is 2.22. The Kier molecular flexibility index (Phi) is 4.53. The number of halogens is 1. The summed E-state index contributed by atoms with van der Waals surface area (Å²) in [5.41, 5.74) is 7.87. The van der Waals surface area contributed by atoms with Gasteiger partial charge >= 0.3 is 0 Å². The molecule has 0 saturated carbocycles. The largest absolute Gasteiger partial charge is 0.484 e. The van der Waals surface area contributed by atoms with E-state index in [9.17, 15) is 4.39 Å². The van der Waals surface area contributed by atoms with Gasteiger partial charge in [0.1, 0.15) is 17.7 Å². The lowest BCUT2D eigenvalue weighted by Gasteiger charge is -2.18. The van der Waals surface area contributed by atoms with Gasteiger partial charge in [-0.3, -0.25) is 0 Å². The van der Waals surface area contributed by atoms with Crippen LogP contribution in [0.5, 0.6) is 5.75 Å². The van der Waals surface area contributed by atoms with E-state index in [2.05, 4.69) is 6.92 Å². The molecule has 0 bridgehead atoms. The molecule has 1 unspecified atom stereocenters. The van der Waals surface area contributed by atoms with Crippen LogP contribution in [0.2, 0.25) is 0 Å². The van der Waals surface area contributed by atoms with Crippen molar-refractivity contribution in [1.29, 1.82) is 0 Å². The van der Waals surface area contributed by atoms with Crippen LogP contribution in [-0.4, -0.2) is 6.54 Å². The van der Waals surface area contributed by atoms with Crippen LogP contribution in [0.25, 0.3) is 0 Å². The standard InChI is InChI=1S/C16H18FNO/c1-2-12-3-9-15(10-4-12)19-16(11-18)13-5-7-14(17)8-6-13/h3-10,16H,2,11,18H2,1H3. The second kappa shape index (κ2) is 6.34. The van der Waals surface area contributed by atoms with Gasteiger partial charge in [0.2, 0.25) is 0 Å². The molecular formula is C16H18FNO. The van der Waals surface area contributed by atoms with Crippen molar-refractivity contribution in [3.05, 3.63) is 65.5 Å². The minimum atomic E-state index is -0.258. The van der Waals surface area contributed by atoms with Crippen LogP contribution in [0.15, 0.2) is 48.5 Å². The van der Waals surface area contributed by atoms with Crippen molar-refractivity contribution in [2.75, 3.05) is 6.54 Å². The monoisotopic (exact) mass is 259 g/mol. The first-order chi connectivity index (χ1) is 9.22. The van der Waals surface area contributed by atoms with Crippen molar-refractivity contribution in [3.8, 4) is 5.75 Å². The number of ether oxygens (including phenoxy) is 1. The lowest BCUT2D eigenvalue weighted by Crippen LogP contribution is -2.18. The lowest BCUT2D eigenvalue weighted by molar-refractivity contribution is 0.214. The van der Waals surface area contributed by atoms with Gasteiger partial charge in [-0.2, -0.15) is 0 Å². The van der Waals surface area contributed by atoms with E-state index in [1.54, 1.807) is 12.1 Å². The van der Waals surface area contributed by atoms with Gasteiger partial charge in [0.05, 0.1) is 0 Å². The fourth-order valence-corrected chi connectivity index (χ4v) is 1.90. The summed E-state index contributed by atoms with van der Waals surface area (Å²) >= 11 is 0. The summed E-state index contributed by atoms with van der Waals surface area (Å²) < 4.78 is 18.7. The maximum absolute atomic E-state index is 12.9. The molecule has 0 amide bonds. The third-order valence-electron chi connectivity index (χ3n) is 3.07. The molecule has 0 saturated heterocycles. The first-order valence-corrected chi connectivity index (χ1v) is 6.44. The van der Waals surface area contributed by atoms with Crippen molar-refractivity contribution in [3.63, 3.8) is 0 Å². The van der Waals surface area contributed by atoms with Gasteiger partial charge in [0.25, 0.3) is 0 Å². The molecule has 0 heterocycles. The minimum Gasteiger partial charge on any atom is -0.484 e. The fourth-order valence-electron chi connectivity index (χ4n) is 1.90. The quantitative estimate of drug-likeness (QED) is 0.892. The van der Waals surface area contributed by atoms with Gasteiger partial charge in [-0.15, -0.1) is 0 Å². The fraction of sp³-hybridized carbons (Fsp3) is 0.250. The molecule has 0 aliphatic heterocycles. The van der Waals surface area contributed by atoms with Gasteiger partial charge < -0.3 is 10.5 Å². The first-order valence-electron chi connectivity index (χ1n) is 6.44. The lowest BCUT2D eigenvalue weighted by atomic mass is 10.1. The topological polar surface area (TPSA) is 35.2 Å². The molecule has 19 heavy (non-hydrogen) atoms. The van der Waals surface area contributed by atoms with Crippen LogP contribution in [0.1, 0.15) is 24.2 Å². The van der Waals surface area contributed by atoms with Crippen LogP contribution >= 0.6 is 0 Å². The number of rotatable bonds is 5. The van der Waals surface area contributed by atoms with Crippen LogP contribution in [0, 0.1) is 5.82 Å². The van der Waals surface area contributed by atoms with E-state index < -0.39 is 0 Å². The molecule has 0 aromatic heterocycles. The van der Waals surface area contributed by atoms with E-state index >= 15 is 0 Å². The number of aryl methyl sites for hydroxylation is 1.